The van der Waals surface area contributed by atoms with Crippen molar-refractivity contribution in [2.24, 2.45) is 11.7 Å². The topological polar surface area (TPSA) is 92.4 Å². The summed E-state index contributed by atoms with van der Waals surface area (Å²) < 4.78 is 0. The zero-order valence-electron chi connectivity index (χ0n) is 19.8. The molecule has 1 aromatic heterocycles. The summed E-state index contributed by atoms with van der Waals surface area (Å²) in [5, 5.41) is 0. The predicted molar refractivity (Wildman–Crippen MR) is 130 cm³/mol. The van der Waals surface area contributed by atoms with Crippen molar-refractivity contribution in [2.75, 3.05) is 32.1 Å². The van der Waals surface area contributed by atoms with Gasteiger partial charge in [-0.05, 0) is 42.9 Å². The van der Waals surface area contributed by atoms with Gasteiger partial charge in [0.2, 0.25) is 17.8 Å². The molecule has 2 N–H and O–H groups in total. The van der Waals surface area contributed by atoms with Crippen molar-refractivity contribution in [1.82, 2.24) is 14.9 Å². The van der Waals surface area contributed by atoms with Crippen LogP contribution in [-0.4, -0.2) is 53.9 Å². The number of likely N-dealkylation sites (tertiary alicyclic amines) is 1. The Labute approximate surface area is 196 Å². The number of benzene rings is 1. The molecule has 2 aromatic rings. The average molecular weight is 450 g/mol. The van der Waals surface area contributed by atoms with Crippen LogP contribution in [0.2, 0.25) is 0 Å². The monoisotopic (exact) mass is 449 g/mol. The quantitative estimate of drug-likeness (QED) is 0.690. The minimum Gasteiger partial charge on any atom is -0.366 e. The molecule has 7 heteroatoms. The largest absolute Gasteiger partial charge is 0.366 e. The van der Waals surface area contributed by atoms with Gasteiger partial charge in [-0.3, -0.25) is 9.59 Å². The van der Waals surface area contributed by atoms with E-state index in [4.69, 9.17) is 10.7 Å². The second kappa shape index (κ2) is 10.3. The van der Waals surface area contributed by atoms with Crippen molar-refractivity contribution in [3.63, 3.8) is 0 Å². The van der Waals surface area contributed by atoms with Crippen molar-refractivity contribution < 1.29 is 9.59 Å². The third-order valence-corrected chi connectivity index (χ3v) is 7.09. The molecule has 1 aliphatic carbocycles. The summed E-state index contributed by atoms with van der Waals surface area (Å²) in [6, 6.07) is 7.26. The van der Waals surface area contributed by atoms with Gasteiger partial charge in [-0.1, -0.05) is 37.8 Å². The van der Waals surface area contributed by atoms with Crippen LogP contribution < -0.4 is 10.6 Å². The number of carbonyl (C=O) groups excluding carboxylic acids is 2. The van der Waals surface area contributed by atoms with Crippen LogP contribution in [0.1, 0.15) is 73.3 Å². The van der Waals surface area contributed by atoms with E-state index in [-0.39, 0.29) is 11.8 Å². The van der Waals surface area contributed by atoms with Crippen molar-refractivity contribution in [3.8, 4) is 11.1 Å². The third kappa shape index (κ3) is 5.52. The van der Waals surface area contributed by atoms with E-state index in [1.165, 1.54) is 25.7 Å². The molecule has 1 aliphatic heterocycles. The molecule has 176 valence electrons. The SMILES string of the molecule is CN(C)c1ncc(-c2ccc(C(N)=O)cc2)c([C@@H]2CCCN(C(=O)CCC3CCCC3)C2)n1. The maximum atomic E-state index is 13.0. The molecule has 2 aliphatic rings. The average Bonchev–Trinajstić information content (AvgIpc) is 3.36. The fourth-order valence-electron chi connectivity index (χ4n) is 5.16. The lowest BCUT2D eigenvalue weighted by molar-refractivity contribution is -0.132. The van der Waals surface area contributed by atoms with Crippen LogP contribution in [-0.2, 0) is 4.79 Å². The summed E-state index contributed by atoms with van der Waals surface area (Å²) in [5.74, 6) is 1.38. The summed E-state index contributed by atoms with van der Waals surface area (Å²) in [6.45, 7) is 1.52. The first-order valence-electron chi connectivity index (χ1n) is 12.1. The minimum absolute atomic E-state index is 0.154. The summed E-state index contributed by atoms with van der Waals surface area (Å²) in [7, 11) is 3.86. The molecule has 1 aromatic carbocycles. The van der Waals surface area contributed by atoms with E-state index in [1.807, 2.05) is 42.2 Å². The van der Waals surface area contributed by atoms with Crippen molar-refractivity contribution in [3.05, 3.63) is 41.7 Å². The molecule has 0 radical (unpaired) electrons. The molecular weight excluding hydrogens is 414 g/mol. The number of amides is 2. The lowest BCUT2D eigenvalue weighted by Crippen LogP contribution is -2.39. The maximum Gasteiger partial charge on any atom is 0.248 e. The molecule has 2 amide bonds. The zero-order valence-corrected chi connectivity index (χ0v) is 19.8. The van der Waals surface area contributed by atoms with E-state index in [2.05, 4.69) is 4.98 Å². The zero-order chi connectivity index (χ0) is 23.4. The molecule has 0 spiro atoms. The van der Waals surface area contributed by atoms with Crippen LogP contribution in [0, 0.1) is 5.92 Å². The molecule has 2 fully saturated rings. The first kappa shape index (κ1) is 23.2. The van der Waals surface area contributed by atoms with Crippen LogP contribution in [0.4, 0.5) is 5.95 Å². The third-order valence-electron chi connectivity index (χ3n) is 7.09. The molecular formula is C26H35N5O2. The fourth-order valence-corrected chi connectivity index (χ4v) is 5.16. The second-order valence-corrected chi connectivity index (χ2v) is 9.67. The number of primary amides is 1. The number of hydrogen-bond donors (Lipinski definition) is 1. The van der Waals surface area contributed by atoms with E-state index in [9.17, 15) is 9.59 Å². The number of aromatic nitrogens is 2. The molecule has 1 atom stereocenters. The van der Waals surface area contributed by atoms with Crippen LogP contribution in [0.25, 0.3) is 11.1 Å². The van der Waals surface area contributed by atoms with E-state index in [0.29, 0.717) is 24.5 Å². The summed E-state index contributed by atoms with van der Waals surface area (Å²) >= 11 is 0. The van der Waals surface area contributed by atoms with Gasteiger partial charge in [-0.2, -0.15) is 0 Å². The Hall–Kier alpha value is -2.96. The van der Waals surface area contributed by atoms with Gasteiger partial charge in [0.1, 0.15) is 0 Å². The van der Waals surface area contributed by atoms with Gasteiger partial charge in [0.15, 0.2) is 0 Å². The van der Waals surface area contributed by atoms with Gasteiger partial charge < -0.3 is 15.5 Å². The van der Waals surface area contributed by atoms with Gasteiger partial charge in [0.25, 0.3) is 0 Å². The molecule has 7 nitrogen and oxygen atoms in total. The maximum absolute atomic E-state index is 13.0. The van der Waals surface area contributed by atoms with Gasteiger partial charge in [-0.25, -0.2) is 9.97 Å². The molecule has 1 saturated heterocycles. The van der Waals surface area contributed by atoms with Gasteiger partial charge in [0, 0.05) is 56.8 Å². The summed E-state index contributed by atoms with van der Waals surface area (Å²) in [5.41, 5.74) is 8.74. The number of carbonyl (C=O) groups is 2. The van der Waals surface area contributed by atoms with Crippen LogP contribution in [0.5, 0.6) is 0 Å². The van der Waals surface area contributed by atoms with Gasteiger partial charge >= 0.3 is 0 Å². The highest BCUT2D eigenvalue weighted by molar-refractivity contribution is 5.93. The highest BCUT2D eigenvalue weighted by atomic mass is 16.2. The van der Waals surface area contributed by atoms with Gasteiger partial charge in [0.05, 0.1) is 5.69 Å². The molecule has 2 heterocycles. The Bertz CT molecular complexity index is 983. The Morgan fingerprint density at radius 2 is 1.82 bits per heavy atom. The molecule has 0 bridgehead atoms. The normalized spacial score (nSPS) is 19.0. The van der Waals surface area contributed by atoms with Crippen LogP contribution in [0.15, 0.2) is 30.5 Å². The lowest BCUT2D eigenvalue weighted by atomic mass is 9.89. The Kier molecular flexibility index (Phi) is 7.26. The number of rotatable bonds is 7. The molecule has 4 rings (SSSR count). The number of anilines is 1. The number of hydrogen-bond acceptors (Lipinski definition) is 5. The molecule has 33 heavy (non-hydrogen) atoms. The Morgan fingerprint density at radius 1 is 1.09 bits per heavy atom. The van der Waals surface area contributed by atoms with E-state index >= 15 is 0 Å². The Morgan fingerprint density at radius 3 is 2.48 bits per heavy atom. The minimum atomic E-state index is -0.444. The highest BCUT2D eigenvalue weighted by Gasteiger charge is 2.29. The Balaban J connectivity index is 1.55. The second-order valence-electron chi connectivity index (χ2n) is 9.67. The number of piperidine rings is 1. The van der Waals surface area contributed by atoms with Gasteiger partial charge in [-0.15, -0.1) is 0 Å². The summed E-state index contributed by atoms with van der Waals surface area (Å²) in [4.78, 5) is 37.9. The number of nitrogens with zero attached hydrogens (tertiary/aromatic N) is 4. The van der Waals surface area contributed by atoms with Crippen molar-refractivity contribution in [1.29, 1.82) is 0 Å². The van der Waals surface area contributed by atoms with E-state index in [0.717, 1.165) is 48.5 Å². The standard InChI is InChI=1S/C26H35N5O2/c1-30(2)26-28-16-22(19-10-12-20(13-11-19)25(27)33)24(29-26)21-8-5-15-31(17-21)23(32)14-9-18-6-3-4-7-18/h10-13,16,18,21H,3-9,14-15,17H2,1-2H3,(H2,27,33)/t21-/m1/s1. The van der Waals surface area contributed by atoms with Crippen LogP contribution >= 0.6 is 0 Å². The van der Waals surface area contributed by atoms with Crippen molar-refractivity contribution >= 4 is 17.8 Å². The highest BCUT2D eigenvalue weighted by Crippen LogP contribution is 2.35. The van der Waals surface area contributed by atoms with E-state index < -0.39 is 5.91 Å². The van der Waals surface area contributed by atoms with Crippen molar-refractivity contribution in [2.45, 2.75) is 57.3 Å². The predicted octanol–water partition coefficient (Wildman–Crippen LogP) is 3.98. The molecule has 1 saturated carbocycles. The first-order valence-corrected chi connectivity index (χ1v) is 12.1. The summed E-state index contributed by atoms with van der Waals surface area (Å²) in [6.07, 6.45) is 10.7. The smallest absolute Gasteiger partial charge is 0.248 e. The lowest BCUT2D eigenvalue weighted by Gasteiger charge is -2.34. The molecule has 0 unspecified atom stereocenters. The first-order chi connectivity index (χ1) is 15.9. The fraction of sp³-hybridized carbons (Fsp3) is 0.538. The number of nitrogens with two attached hydrogens (primary N) is 1. The van der Waals surface area contributed by atoms with E-state index in [1.54, 1.807) is 12.1 Å². The van der Waals surface area contributed by atoms with Crippen LogP contribution in [0.3, 0.4) is 0 Å².